The Morgan fingerprint density at radius 3 is 0.562 bits per heavy atom. The van der Waals surface area contributed by atoms with Crippen molar-refractivity contribution < 1.29 is 136 Å². The first-order valence-corrected chi connectivity index (χ1v) is 1.84. The van der Waals surface area contributed by atoms with E-state index < -0.39 is 18.5 Å². The molecule has 0 aromatic heterocycles. The van der Waals surface area contributed by atoms with Crippen LogP contribution in [0.15, 0.2) is 0 Å². The van der Waals surface area contributed by atoms with Crippen molar-refractivity contribution in [2.45, 2.75) is 0 Å². The molecule has 0 atom stereocenters. The third-order valence-electron chi connectivity index (χ3n) is 0. The molecule has 0 fully saturated rings. The Bertz CT molecular complexity index is 122. The Hall–Kier alpha value is 0.653. The first-order valence-electron chi connectivity index (χ1n) is 1.84. The number of hydrogen-bond acceptors (Lipinski definition) is 9. The number of rotatable bonds is 0. The van der Waals surface area contributed by atoms with Crippen molar-refractivity contribution in [3.05, 3.63) is 0 Å². The summed E-state index contributed by atoms with van der Waals surface area (Å²) in [5, 5.41) is 50.0. The Balaban J connectivity index is -0.0000000135. The fourth-order valence-electron chi connectivity index (χ4n) is 0. The molecule has 0 aromatic carbocycles. The number of hydrogen-bond donors (Lipinski definition) is 0. The molecular weight excluding hydrogens is 333 g/mol. The first-order chi connectivity index (χ1) is 5.20. The van der Waals surface area contributed by atoms with Crippen LogP contribution in [-0.2, 0) is 26.2 Å². The van der Waals surface area contributed by atoms with Crippen molar-refractivity contribution in [3.8, 4) is 0 Å². The maximum atomic E-state index is 8.33. The second-order valence-corrected chi connectivity index (χ2v) is 0.750. The Labute approximate surface area is 152 Å². The van der Waals surface area contributed by atoms with Gasteiger partial charge in [0.1, 0.15) is 0 Å². The number of carbonyl (C=O) groups is 3. The van der Waals surface area contributed by atoms with Crippen LogP contribution >= 0.6 is 0 Å². The summed E-state index contributed by atoms with van der Waals surface area (Å²) >= 11 is 0. The summed E-state index contributed by atoms with van der Waals surface area (Å²) in [5.41, 5.74) is 0. The van der Waals surface area contributed by atoms with Gasteiger partial charge < -0.3 is 50.5 Å². The van der Waals surface area contributed by atoms with Crippen molar-refractivity contribution in [1.29, 1.82) is 0 Å². The van der Waals surface area contributed by atoms with Crippen molar-refractivity contribution >= 4 is 18.5 Å². The molecule has 0 aliphatic rings. The molecule has 0 saturated heterocycles. The molecule has 0 heterocycles. The molecule has 16 heavy (non-hydrogen) atoms. The molecule has 80 valence electrons. The number of carbonyl (C=O) groups excluding carboxylic acids is 3. The van der Waals surface area contributed by atoms with Crippen LogP contribution in [0.2, 0.25) is 0 Å². The molecule has 0 amide bonds. The topological polar surface area (TPSA) is 221 Å². The first kappa shape index (κ1) is 43.8. The van der Waals surface area contributed by atoms with E-state index in [2.05, 4.69) is 0 Å². The summed E-state index contributed by atoms with van der Waals surface area (Å²) < 4.78 is 0. The van der Waals surface area contributed by atoms with Crippen LogP contribution in [-0.4, -0.2) is 23.9 Å². The second-order valence-electron chi connectivity index (χ2n) is 0.750. The minimum absolute atomic E-state index is 0. The largest absolute Gasteiger partial charge is 4.00 e. The quantitative estimate of drug-likeness (QED) is 0.382. The fraction of sp³-hybridized carbons (Fsp3) is 0. The third-order valence-corrected chi connectivity index (χ3v) is 0. The van der Waals surface area contributed by atoms with Crippen molar-refractivity contribution in [3.63, 3.8) is 0 Å². The van der Waals surface area contributed by atoms with Crippen molar-refractivity contribution in [2.24, 2.45) is 0 Å². The van der Waals surface area contributed by atoms with Crippen LogP contribution in [0, 0.1) is 0 Å². The fourth-order valence-corrected chi connectivity index (χ4v) is 0. The Morgan fingerprint density at radius 1 is 0.562 bits per heavy atom. The van der Waals surface area contributed by atoms with Gasteiger partial charge in [-0.15, -0.1) is 0 Å². The average Bonchev–Trinajstić information content (AvgIpc) is 1.54. The zero-order valence-corrected chi connectivity index (χ0v) is 14.6. The van der Waals surface area contributed by atoms with Crippen molar-refractivity contribution in [2.75, 3.05) is 0 Å². The van der Waals surface area contributed by atoms with Gasteiger partial charge in [-0.25, -0.2) is 0 Å². The van der Waals surface area contributed by atoms with E-state index in [-0.39, 0.29) is 90.8 Å². The van der Waals surface area contributed by atoms with Gasteiger partial charge in [0.25, 0.3) is 0 Å². The second kappa shape index (κ2) is 36.1. The van der Waals surface area contributed by atoms with Gasteiger partial charge in [0.15, 0.2) is 0 Å². The normalized spacial score (nSPS) is 4.50. The van der Waals surface area contributed by atoms with Gasteiger partial charge in [-0.3, -0.25) is 0 Å². The molecule has 0 saturated carbocycles. The third kappa shape index (κ3) is 6400. The molecule has 0 unspecified atom stereocenters. The molecule has 0 spiro atoms. The molecule has 0 bridgehead atoms. The SMILES string of the molecule is O.O=C([O-])[O-].O=C([O-])[O-].O=C([O-])[O-].[Na+].[Na+].[Zr+4]. The standard InChI is InChI=1S/3CH2O3.2Na.H2O.Zr/c3*2-1(3)4;;;;/h3*(H2,2,3,4);;;1H2;/q;;;2*+1;;+4/p-6. The molecule has 10 nitrogen and oxygen atoms in total. The van der Waals surface area contributed by atoms with Gasteiger partial charge in [0.2, 0.25) is 0 Å². The van der Waals surface area contributed by atoms with E-state index in [4.69, 9.17) is 45.0 Å². The molecule has 0 aromatic rings. The summed E-state index contributed by atoms with van der Waals surface area (Å²) in [5.74, 6) is 0. The van der Waals surface area contributed by atoms with E-state index in [1.54, 1.807) is 0 Å². The predicted molar refractivity (Wildman–Crippen MR) is 19.8 cm³/mol. The van der Waals surface area contributed by atoms with E-state index in [9.17, 15) is 0 Å². The zero-order chi connectivity index (χ0) is 10.7. The molecular formula is C3H2Na2O10Zr. The van der Waals surface area contributed by atoms with Crippen molar-refractivity contribution in [1.82, 2.24) is 0 Å². The van der Waals surface area contributed by atoms with Gasteiger partial charge in [-0.05, 0) is 18.5 Å². The summed E-state index contributed by atoms with van der Waals surface area (Å²) in [6, 6.07) is 0. The van der Waals surface area contributed by atoms with E-state index in [1.165, 1.54) is 0 Å². The van der Waals surface area contributed by atoms with E-state index in [1.807, 2.05) is 0 Å². The van der Waals surface area contributed by atoms with E-state index in [0.717, 1.165) is 0 Å². The zero-order valence-electron chi connectivity index (χ0n) is 8.17. The summed E-state index contributed by atoms with van der Waals surface area (Å²) in [6.07, 6.45) is -7.00. The maximum Gasteiger partial charge on any atom is 4.00 e. The molecule has 13 heteroatoms. The minimum atomic E-state index is -2.33. The number of carboxylic acid groups (broad SMARTS) is 6. The van der Waals surface area contributed by atoms with Crippen LogP contribution in [0.3, 0.4) is 0 Å². The molecule has 0 aliphatic heterocycles. The van der Waals surface area contributed by atoms with Gasteiger partial charge in [-0.2, -0.15) is 0 Å². The summed E-state index contributed by atoms with van der Waals surface area (Å²) in [7, 11) is 0. The van der Waals surface area contributed by atoms with Crippen LogP contribution in [0.25, 0.3) is 0 Å². The Morgan fingerprint density at radius 2 is 0.562 bits per heavy atom. The van der Waals surface area contributed by atoms with Crippen LogP contribution in [0.5, 0.6) is 0 Å². The predicted octanol–water partition coefficient (Wildman–Crippen LogP) is -14.2. The Kier molecular flexibility index (Phi) is 98.7. The van der Waals surface area contributed by atoms with E-state index in [0.29, 0.717) is 0 Å². The van der Waals surface area contributed by atoms with Crippen LogP contribution in [0.4, 0.5) is 14.4 Å². The molecule has 0 radical (unpaired) electrons. The molecule has 0 aliphatic carbocycles. The molecule has 2 N–H and O–H groups in total. The van der Waals surface area contributed by atoms with Crippen LogP contribution < -0.4 is 89.8 Å². The minimum Gasteiger partial charge on any atom is -0.652 e. The summed E-state index contributed by atoms with van der Waals surface area (Å²) in [4.78, 5) is 25.0. The van der Waals surface area contributed by atoms with E-state index >= 15 is 0 Å². The van der Waals surface area contributed by atoms with Crippen LogP contribution in [0.1, 0.15) is 0 Å². The smallest absolute Gasteiger partial charge is 0.652 e. The monoisotopic (exact) mass is 334 g/mol. The summed E-state index contributed by atoms with van der Waals surface area (Å²) in [6.45, 7) is 0. The van der Waals surface area contributed by atoms with Gasteiger partial charge >= 0.3 is 85.3 Å². The van der Waals surface area contributed by atoms with Gasteiger partial charge in [0, 0.05) is 0 Å². The van der Waals surface area contributed by atoms with Gasteiger partial charge in [-0.1, -0.05) is 0 Å². The maximum absolute atomic E-state index is 8.33. The average molecular weight is 335 g/mol. The van der Waals surface area contributed by atoms with Gasteiger partial charge in [0.05, 0.1) is 0 Å². The molecule has 0 rings (SSSR count).